The number of hydrogen-bond donors (Lipinski definition) is 1. The fourth-order valence-electron chi connectivity index (χ4n) is 2.96. The van der Waals surface area contributed by atoms with Crippen LogP contribution in [0, 0.1) is 5.92 Å². The second-order valence-electron chi connectivity index (χ2n) is 6.30. The summed E-state index contributed by atoms with van der Waals surface area (Å²) in [5.74, 6) is 3.21. The van der Waals surface area contributed by atoms with Gasteiger partial charge in [0.15, 0.2) is 5.82 Å². The Kier molecular flexibility index (Phi) is 5.46. The van der Waals surface area contributed by atoms with Crippen LogP contribution in [0.2, 0.25) is 0 Å². The molecule has 0 radical (unpaired) electrons. The molecule has 1 N–H and O–H groups in total. The van der Waals surface area contributed by atoms with Crippen molar-refractivity contribution in [2.75, 3.05) is 37.0 Å². The third kappa shape index (κ3) is 4.13. The molecule has 0 aliphatic carbocycles. The quantitative estimate of drug-likeness (QED) is 0.880. The minimum atomic E-state index is 0.726. The lowest BCUT2D eigenvalue weighted by Crippen LogP contribution is -2.34. The van der Waals surface area contributed by atoms with E-state index >= 15 is 0 Å². The molecule has 2 heterocycles. The van der Waals surface area contributed by atoms with E-state index in [0.29, 0.717) is 0 Å². The highest BCUT2D eigenvalue weighted by Gasteiger charge is 2.18. The summed E-state index contributed by atoms with van der Waals surface area (Å²) in [6.07, 6.45) is 4.92. The number of para-hydroxylation sites is 1. The number of rotatable bonds is 6. The molecule has 1 aromatic carbocycles. The molecule has 0 spiro atoms. The number of methoxy groups -OCH3 is 1. The van der Waals surface area contributed by atoms with Crippen LogP contribution in [0.5, 0.6) is 5.75 Å². The first kappa shape index (κ1) is 16.5. The Labute approximate surface area is 143 Å². The highest BCUT2D eigenvalue weighted by Crippen LogP contribution is 2.20. The lowest BCUT2D eigenvalue weighted by atomic mass is 10.00. The van der Waals surface area contributed by atoms with Gasteiger partial charge in [0.2, 0.25) is 5.95 Å². The predicted octanol–water partition coefficient (Wildman–Crippen LogP) is 2.77. The number of benzene rings is 1. The van der Waals surface area contributed by atoms with Gasteiger partial charge >= 0.3 is 0 Å². The Morgan fingerprint density at radius 1 is 1.25 bits per heavy atom. The summed E-state index contributed by atoms with van der Waals surface area (Å²) in [7, 11) is 1.70. The van der Waals surface area contributed by atoms with E-state index in [1.54, 1.807) is 13.3 Å². The number of nitrogens with one attached hydrogen (secondary N) is 1. The molecule has 2 aromatic rings. The summed E-state index contributed by atoms with van der Waals surface area (Å²) < 4.78 is 5.38. The van der Waals surface area contributed by atoms with Crippen molar-refractivity contribution in [3.8, 4) is 5.75 Å². The third-order valence-corrected chi connectivity index (χ3v) is 4.51. The maximum Gasteiger partial charge on any atom is 0.247 e. The normalized spacial score (nSPS) is 15.3. The molecule has 24 heavy (non-hydrogen) atoms. The average Bonchev–Trinajstić information content (AvgIpc) is 2.63. The molecule has 6 heteroatoms. The average molecular weight is 327 g/mol. The van der Waals surface area contributed by atoms with Crippen LogP contribution in [-0.4, -0.2) is 41.9 Å². The second kappa shape index (κ2) is 7.95. The van der Waals surface area contributed by atoms with E-state index < -0.39 is 0 Å². The Morgan fingerprint density at radius 3 is 2.83 bits per heavy atom. The van der Waals surface area contributed by atoms with Crippen LogP contribution in [0.1, 0.15) is 25.3 Å². The van der Waals surface area contributed by atoms with Crippen molar-refractivity contribution in [3.05, 3.63) is 36.0 Å². The molecule has 1 aliphatic heterocycles. The van der Waals surface area contributed by atoms with Crippen molar-refractivity contribution < 1.29 is 4.74 Å². The van der Waals surface area contributed by atoms with E-state index in [9.17, 15) is 0 Å². The summed E-state index contributed by atoms with van der Waals surface area (Å²) >= 11 is 0. The lowest BCUT2D eigenvalue weighted by molar-refractivity contribution is 0.410. The standard InChI is InChI=1S/C18H25N5O/c1-14-8-11-23(12-9-14)18-21-17(13-20-22-18)19-10-7-15-5-3-4-6-16(15)24-2/h3-6,13-14H,7-12H2,1-2H3,(H,19,21,22). The summed E-state index contributed by atoms with van der Waals surface area (Å²) in [6.45, 7) is 5.09. The van der Waals surface area contributed by atoms with Gasteiger partial charge in [-0.3, -0.25) is 0 Å². The second-order valence-corrected chi connectivity index (χ2v) is 6.30. The van der Waals surface area contributed by atoms with Crippen LogP contribution in [0.25, 0.3) is 0 Å². The Morgan fingerprint density at radius 2 is 2.04 bits per heavy atom. The molecule has 3 rings (SSSR count). The van der Waals surface area contributed by atoms with Gasteiger partial charge < -0.3 is 15.0 Å². The fraction of sp³-hybridized carbons (Fsp3) is 0.500. The van der Waals surface area contributed by atoms with Crippen molar-refractivity contribution in [1.29, 1.82) is 0 Å². The van der Waals surface area contributed by atoms with Gasteiger partial charge in [-0.25, -0.2) is 0 Å². The zero-order valence-corrected chi connectivity index (χ0v) is 14.4. The van der Waals surface area contributed by atoms with Crippen molar-refractivity contribution in [2.45, 2.75) is 26.2 Å². The summed E-state index contributed by atoms with van der Waals surface area (Å²) in [6, 6.07) is 8.07. The largest absolute Gasteiger partial charge is 0.496 e. The number of nitrogens with zero attached hydrogens (tertiary/aromatic N) is 4. The van der Waals surface area contributed by atoms with Gasteiger partial charge in [0.05, 0.1) is 13.3 Å². The Hall–Kier alpha value is -2.37. The molecule has 1 fully saturated rings. The van der Waals surface area contributed by atoms with E-state index in [1.807, 2.05) is 18.2 Å². The van der Waals surface area contributed by atoms with Gasteiger partial charge in [-0.1, -0.05) is 25.1 Å². The van der Waals surface area contributed by atoms with Crippen LogP contribution in [-0.2, 0) is 6.42 Å². The van der Waals surface area contributed by atoms with Crippen LogP contribution in [0.3, 0.4) is 0 Å². The van der Waals surface area contributed by atoms with Gasteiger partial charge in [0, 0.05) is 19.6 Å². The van der Waals surface area contributed by atoms with Crippen LogP contribution >= 0.6 is 0 Å². The molecule has 1 aliphatic rings. The number of aromatic nitrogens is 3. The Balaban J connectivity index is 1.57. The van der Waals surface area contributed by atoms with E-state index in [4.69, 9.17) is 4.74 Å². The fourth-order valence-corrected chi connectivity index (χ4v) is 2.96. The summed E-state index contributed by atoms with van der Waals surface area (Å²) in [4.78, 5) is 6.83. The topological polar surface area (TPSA) is 63.2 Å². The number of piperidine rings is 1. The van der Waals surface area contributed by atoms with Gasteiger partial charge in [-0.05, 0) is 36.8 Å². The lowest BCUT2D eigenvalue weighted by Gasteiger charge is -2.29. The molecular formula is C18H25N5O. The van der Waals surface area contributed by atoms with Crippen molar-refractivity contribution in [3.63, 3.8) is 0 Å². The molecule has 1 aromatic heterocycles. The highest BCUT2D eigenvalue weighted by molar-refractivity contribution is 5.40. The van der Waals surface area contributed by atoms with Crippen molar-refractivity contribution >= 4 is 11.8 Å². The molecule has 1 saturated heterocycles. The molecule has 6 nitrogen and oxygen atoms in total. The van der Waals surface area contributed by atoms with Gasteiger partial charge in [-0.15, -0.1) is 5.10 Å². The SMILES string of the molecule is COc1ccccc1CCNc1cnnc(N2CCC(C)CC2)n1. The number of ether oxygens (including phenoxy) is 1. The predicted molar refractivity (Wildman–Crippen MR) is 95.6 cm³/mol. The zero-order valence-electron chi connectivity index (χ0n) is 14.4. The molecular weight excluding hydrogens is 302 g/mol. The van der Waals surface area contributed by atoms with Gasteiger partial charge in [-0.2, -0.15) is 10.1 Å². The first-order valence-electron chi connectivity index (χ1n) is 8.56. The smallest absolute Gasteiger partial charge is 0.247 e. The van der Waals surface area contributed by atoms with Crippen LogP contribution in [0.4, 0.5) is 11.8 Å². The summed E-state index contributed by atoms with van der Waals surface area (Å²) in [5, 5.41) is 11.6. The van der Waals surface area contributed by atoms with Gasteiger partial charge in [0.1, 0.15) is 5.75 Å². The van der Waals surface area contributed by atoms with Crippen molar-refractivity contribution in [2.24, 2.45) is 5.92 Å². The molecule has 0 unspecified atom stereocenters. The maximum absolute atomic E-state index is 5.38. The molecule has 0 bridgehead atoms. The third-order valence-electron chi connectivity index (χ3n) is 4.51. The van der Waals surface area contributed by atoms with Gasteiger partial charge in [0.25, 0.3) is 0 Å². The molecule has 0 atom stereocenters. The van der Waals surface area contributed by atoms with E-state index in [2.05, 4.69) is 38.4 Å². The first-order chi connectivity index (χ1) is 11.8. The van der Waals surface area contributed by atoms with Crippen LogP contribution < -0.4 is 15.0 Å². The summed E-state index contributed by atoms with van der Waals surface area (Å²) in [5.41, 5.74) is 1.18. The maximum atomic E-state index is 5.38. The first-order valence-corrected chi connectivity index (χ1v) is 8.56. The molecule has 0 amide bonds. The number of anilines is 2. The van der Waals surface area contributed by atoms with E-state index in [1.165, 1.54) is 18.4 Å². The molecule has 128 valence electrons. The zero-order chi connectivity index (χ0) is 16.8. The Bertz CT molecular complexity index is 655. The van der Waals surface area contributed by atoms with Crippen LogP contribution in [0.15, 0.2) is 30.5 Å². The molecule has 0 saturated carbocycles. The highest BCUT2D eigenvalue weighted by atomic mass is 16.5. The van der Waals surface area contributed by atoms with E-state index in [0.717, 1.165) is 49.5 Å². The van der Waals surface area contributed by atoms with E-state index in [-0.39, 0.29) is 0 Å². The number of hydrogen-bond acceptors (Lipinski definition) is 6. The minimum absolute atomic E-state index is 0.726. The monoisotopic (exact) mass is 327 g/mol. The minimum Gasteiger partial charge on any atom is -0.496 e. The van der Waals surface area contributed by atoms with Crippen molar-refractivity contribution in [1.82, 2.24) is 15.2 Å².